The lowest BCUT2D eigenvalue weighted by Crippen LogP contribution is -2.10. The zero-order chi connectivity index (χ0) is 12.1. The normalized spacial score (nSPS) is 16.1. The number of aromatic nitrogens is 1. The van der Waals surface area contributed by atoms with Gasteiger partial charge in [-0.05, 0) is 18.6 Å². The highest BCUT2D eigenvalue weighted by atomic mass is 16.7. The minimum absolute atomic E-state index is 0.140. The first-order valence-electron chi connectivity index (χ1n) is 5.56. The molecule has 0 aromatic carbocycles. The Hall–Kier alpha value is -1.46. The van der Waals surface area contributed by atoms with Gasteiger partial charge < -0.3 is 14.2 Å². The van der Waals surface area contributed by atoms with Crippen molar-refractivity contribution in [1.29, 1.82) is 0 Å². The number of nitrogens with zero attached hydrogens (tertiary/aromatic N) is 1. The summed E-state index contributed by atoms with van der Waals surface area (Å²) in [6.07, 6.45) is 2.93. The van der Waals surface area contributed by atoms with Crippen LogP contribution in [-0.2, 0) is 20.6 Å². The molecule has 1 aromatic heterocycles. The predicted molar refractivity (Wildman–Crippen MR) is 59.6 cm³/mol. The van der Waals surface area contributed by atoms with Crippen molar-refractivity contribution in [3.8, 4) is 0 Å². The van der Waals surface area contributed by atoms with Crippen molar-refractivity contribution in [2.24, 2.45) is 0 Å². The third-order valence-electron chi connectivity index (χ3n) is 2.56. The number of hydrogen-bond donors (Lipinski definition) is 0. The average molecular weight is 237 g/mol. The van der Waals surface area contributed by atoms with Crippen LogP contribution in [0.25, 0.3) is 0 Å². The van der Waals surface area contributed by atoms with E-state index in [0.29, 0.717) is 18.8 Å². The zero-order valence-corrected chi connectivity index (χ0v) is 9.72. The lowest BCUT2D eigenvalue weighted by Gasteiger charge is -2.08. The third-order valence-corrected chi connectivity index (χ3v) is 2.56. The van der Waals surface area contributed by atoms with Gasteiger partial charge in [0.1, 0.15) is 0 Å². The van der Waals surface area contributed by atoms with Gasteiger partial charge in [0.05, 0.1) is 25.9 Å². The highest BCUT2D eigenvalue weighted by Gasteiger charge is 2.16. The number of rotatable bonds is 4. The molecule has 17 heavy (non-hydrogen) atoms. The number of aryl methyl sites for hydroxylation is 1. The van der Waals surface area contributed by atoms with E-state index in [1.54, 1.807) is 18.3 Å². The first-order valence-corrected chi connectivity index (χ1v) is 5.56. The summed E-state index contributed by atoms with van der Waals surface area (Å²) in [4.78, 5) is 15.5. The molecular weight excluding hydrogens is 222 g/mol. The van der Waals surface area contributed by atoms with Gasteiger partial charge in [0.2, 0.25) is 0 Å². The monoisotopic (exact) mass is 237 g/mol. The lowest BCUT2D eigenvalue weighted by atomic mass is 10.1. The van der Waals surface area contributed by atoms with Crippen LogP contribution in [0.3, 0.4) is 0 Å². The Morgan fingerprint density at radius 1 is 1.53 bits per heavy atom. The second kappa shape index (κ2) is 5.75. The first kappa shape index (κ1) is 12.0. The van der Waals surface area contributed by atoms with Crippen molar-refractivity contribution >= 4 is 5.97 Å². The topological polar surface area (TPSA) is 57.7 Å². The van der Waals surface area contributed by atoms with Crippen LogP contribution in [0.1, 0.15) is 22.5 Å². The van der Waals surface area contributed by atoms with Gasteiger partial charge >= 0.3 is 5.97 Å². The van der Waals surface area contributed by atoms with E-state index in [1.807, 2.05) is 0 Å². The Morgan fingerprint density at radius 2 is 2.29 bits per heavy atom. The maximum atomic E-state index is 11.3. The summed E-state index contributed by atoms with van der Waals surface area (Å²) in [6, 6.07) is 3.37. The molecule has 1 fully saturated rings. The molecule has 1 aliphatic heterocycles. The molecule has 2 heterocycles. The third kappa shape index (κ3) is 3.25. The molecule has 5 nitrogen and oxygen atoms in total. The van der Waals surface area contributed by atoms with Gasteiger partial charge in [-0.25, -0.2) is 4.79 Å². The smallest absolute Gasteiger partial charge is 0.337 e. The number of carbonyl (C=O) groups excluding carboxylic acids is 1. The summed E-state index contributed by atoms with van der Waals surface area (Å²) in [7, 11) is 1.36. The molecule has 0 atom stereocenters. The van der Waals surface area contributed by atoms with E-state index in [2.05, 4.69) is 9.72 Å². The van der Waals surface area contributed by atoms with Crippen LogP contribution in [0.15, 0.2) is 18.3 Å². The van der Waals surface area contributed by atoms with Crippen LogP contribution < -0.4 is 0 Å². The molecular formula is C12H15NO4. The molecule has 0 unspecified atom stereocenters. The zero-order valence-electron chi connectivity index (χ0n) is 9.72. The quantitative estimate of drug-likeness (QED) is 0.736. The molecule has 0 aliphatic carbocycles. The molecule has 0 saturated carbocycles. The Labute approximate surface area is 99.7 Å². The van der Waals surface area contributed by atoms with Crippen molar-refractivity contribution in [1.82, 2.24) is 4.98 Å². The summed E-state index contributed by atoms with van der Waals surface area (Å²) < 4.78 is 15.3. The van der Waals surface area contributed by atoms with E-state index >= 15 is 0 Å². The van der Waals surface area contributed by atoms with Crippen molar-refractivity contribution < 1.29 is 19.0 Å². The largest absolute Gasteiger partial charge is 0.465 e. The summed E-state index contributed by atoms with van der Waals surface area (Å²) >= 11 is 0. The van der Waals surface area contributed by atoms with Crippen LogP contribution in [0.2, 0.25) is 0 Å². The standard InChI is InChI=1S/C12H15NO4/c1-15-12(14)9-4-5-13-10(8-9)2-3-11-16-6-7-17-11/h4-5,8,11H,2-3,6-7H2,1H3. The molecule has 1 aromatic rings. The van der Waals surface area contributed by atoms with Crippen LogP contribution in [0, 0.1) is 0 Å². The van der Waals surface area contributed by atoms with Gasteiger partial charge in [-0.15, -0.1) is 0 Å². The van der Waals surface area contributed by atoms with Crippen LogP contribution >= 0.6 is 0 Å². The fraction of sp³-hybridized carbons (Fsp3) is 0.500. The summed E-state index contributed by atoms with van der Waals surface area (Å²) in [5, 5.41) is 0. The number of methoxy groups -OCH3 is 1. The average Bonchev–Trinajstić information content (AvgIpc) is 2.89. The Kier molecular flexibility index (Phi) is 4.06. The minimum Gasteiger partial charge on any atom is -0.465 e. The number of pyridine rings is 1. The molecule has 2 rings (SSSR count). The van der Waals surface area contributed by atoms with Crippen molar-refractivity contribution in [2.75, 3.05) is 20.3 Å². The number of ether oxygens (including phenoxy) is 3. The Bertz CT molecular complexity index is 388. The second-order valence-corrected chi connectivity index (χ2v) is 3.74. The molecule has 5 heteroatoms. The fourth-order valence-corrected chi connectivity index (χ4v) is 1.70. The molecule has 0 radical (unpaired) electrons. The van der Waals surface area contributed by atoms with E-state index < -0.39 is 0 Å². The molecule has 0 amide bonds. The Balaban J connectivity index is 1.93. The van der Waals surface area contributed by atoms with Gasteiger partial charge in [-0.2, -0.15) is 0 Å². The van der Waals surface area contributed by atoms with Crippen LogP contribution in [0.4, 0.5) is 0 Å². The first-order chi connectivity index (χ1) is 8.29. The van der Waals surface area contributed by atoms with Gasteiger partial charge in [0.15, 0.2) is 6.29 Å². The highest BCUT2D eigenvalue weighted by molar-refractivity contribution is 5.89. The van der Waals surface area contributed by atoms with E-state index in [4.69, 9.17) is 9.47 Å². The Morgan fingerprint density at radius 3 is 3.00 bits per heavy atom. The highest BCUT2D eigenvalue weighted by Crippen LogP contribution is 2.12. The molecule has 0 N–H and O–H groups in total. The molecule has 0 bridgehead atoms. The van der Waals surface area contributed by atoms with E-state index in [9.17, 15) is 4.79 Å². The number of esters is 1. The minimum atomic E-state index is -0.345. The molecule has 0 spiro atoms. The SMILES string of the molecule is COC(=O)c1ccnc(CCC2OCCO2)c1. The lowest BCUT2D eigenvalue weighted by molar-refractivity contribution is -0.0463. The number of carbonyl (C=O) groups is 1. The van der Waals surface area contributed by atoms with Gasteiger partial charge in [-0.1, -0.05) is 0 Å². The van der Waals surface area contributed by atoms with Gasteiger partial charge in [-0.3, -0.25) is 4.98 Å². The van der Waals surface area contributed by atoms with Crippen molar-refractivity contribution in [2.45, 2.75) is 19.1 Å². The van der Waals surface area contributed by atoms with Crippen LogP contribution in [-0.4, -0.2) is 37.6 Å². The molecule has 92 valence electrons. The van der Waals surface area contributed by atoms with E-state index in [-0.39, 0.29) is 12.3 Å². The predicted octanol–water partition coefficient (Wildman–Crippen LogP) is 1.17. The maximum Gasteiger partial charge on any atom is 0.337 e. The van der Waals surface area contributed by atoms with Gasteiger partial charge in [0.25, 0.3) is 0 Å². The van der Waals surface area contributed by atoms with Gasteiger partial charge in [0, 0.05) is 18.3 Å². The maximum absolute atomic E-state index is 11.3. The fourth-order valence-electron chi connectivity index (χ4n) is 1.70. The molecule has 1 saturated heterocycles. The second-order valence-electron chi connectivity index (χ2n) is 3.74. The van der Waals surface area contributed by atoms with E-state index in [1.165, 1.54) is 7.11 Å². The number of hydrogen-bond acceptors (Lipinski definition) is 5. The summed E-state index contributed by atoms with van der Waals surface area (Å²) in [6.45, 7) is 1.31. The van der Waals surface area contributed by atoms with E-state index in [0.717, 1.165) is 18.5 Å². The van der Waals surface area contributed by atoms with Crippen molar-refractivity contribution in [3.63, 3.8) is 0 Å². The van der Waals surface area contributed by atoms with Crippen molar-refractivity contribution in [3.05, 3.63) is 29.6 Å². The summed E-state index contributed by atoms with van der Waals surface area (Å²) in [5.41, 5.74) is 1.36. The summed E-state index contributed by atoms with van der Waals surface area (Å²) in [5.74, 6) is -0.345. The van der Waals surface area contributed by atoms with Crippen LogP contribution in [0.5, 0.6) is 0 Å². The molecule has 1 aliphatic rings.